The van der Waals surface area contributed by atoms with E-state index in [0.717, 1.165) is 12.0 Å². The zero-order valence-corrected chi connectivity index (χ0v) is 13.6. The van der Waals surface area contributed by atoms with Crippen LogP contribution in [0.5, 0.6) is 0 Å². The number of hydrogen-bond donors (Lipinski definition) is 1. The molecule has 0 fully saturated rings. The number of likely N-dealkylation sites (N-methyl/N-ethyl adjacent to an activating group) is 1. The molecule has 1 N–H and O–H groups in total. The Labute approximate surface area is 131 Å². The number of benzene rings is 1. The third-order valence-corrected chi connectivity index (χ3v) is 3.50. The lowest BCUT2D eigenvalue weighted by atomic mass is 10.1. The third kappa shape index (κ3) is 5.38. The molecule has 0 aliphatic rings. The zero-order chi connectivity index (χ0) is 15.8. The average Bonchev–Trinajstić information content (AvgIpc) is 2.46. The third-order valence-electron chi connectivity index (χ3n) is 3.25. The Balaban J connectivity index is 2.88. The lowest BCUT2D eigenvalue weighted by molar-refractivity contribution is -0.140. The van der Waals surface area contributed by atoms with Crippen molar-refractivity contribution < 1.29 is 9.59 Å². The van der Waals surface area contributed by atoms with Gasteiger partial charge < -0.3 is 10.2 Å². The van der Waals surface area contributed by atoms with Gasteiger partial charge in [-0.05, 0) is 38.0 Å². The maximum atomic E-state index is 12.3. The quantitative estimate of drug-likeness (QED) is 0.841. The Bertz CT molecular complexity index is 474. The van der Waals surface area contributed by atoms with Gasteiger partial charge in [0.1, 0.15) is 6.04 Å². The fourth-order valence-corrected chi connectivity index (χ4v) is 2.17. The van der Waals surface area contributed by atoms with Crippen LogP contribution in [-0.4, -0.2) is 29.3 Å². The highest BCUT2D eigenvalue weighted by Gasteiger charge is 2.24. The van der Waals surface area contributed by atoms with Gasteiger partial charge in [-0.3, -0.25) is 9.59 Å². The molecule has 4 nitrogen and oxygen atoms in total. The summed E-state index contributed by atoms with van der Waals surface area (Å²) in [6, 6.07) is 6.84. The lowest BCUT2D eigenvalue weighted by Crippen LogP contribution is -2.47. The average molecular weight is 311 g/mol. The molecule has 0 heterocycles. The molecule has 0 saturated carbocycles. The van der Waals surface area contributed by atoms with E-state index in [2.05, 4.69) is 5.32 Å². The molecule has 1 aromatic rings. The van der Waals surface area contributed by atoms with E-state index >= 15 is 0 Å². The van der Waals surface area contributed by atoms with Crippen molar-refractivity contribution in [3.8, 4) is 0 Å². The summed E-state index contributed by atoms with van der Waals surface area (Å²) >= 11 is 5.87. The molecule has 0 aliphatic carbocycles. The van der Waals surface area contributed by atoms with E-state index in [9.17, 15) is 9.59 Å². The second kappa shape index (κ2) is 8.67. The molecule has 1 unspecified atom stereocenters. The maximum Gasteiger partial charge on any atom is 0.242 e. The molecule has 0 bridgehead atoms. The van der Waals surface area contributed by atoms with Crippen molar-refractivity contribution >= 4 is 23.4 Å². The highest BCUT2D eigenvalue weighted by Crippen LogP contribution is 2.14. The minimum Gasteiger partial charge on any atom is -0.355 e. The first-order valence-electron chi connectivity index (χ1n) is 7.31. The van der Waals surface area contributed by atoms with Crippen LogP contribution >= 0.6 is 11.6 Å². The van der Waals surface area contributed by atoms with E-state index < -0.39 is 6.04 Å². The SMILES string of the molecule is CCCC(=O)N(Cc1ccc(Cl)cc1)C(C)C(=O)NCC. The van der Waals surface area contributed by atoms with Crippen molar-refractivity contribution in [1.82, 2.24) is 10.2 Å². The van der Waals surface area contributed by atoms with Crippen LogP contribution in [0.3, 0.4) is 0 Å². The van der Waals surface area contributed by atoms with Crippen LogP contribution in [0.1, 0.15) is 39.2 Å². The van der Waals surface area contributed by atoms with E-state index in [4.69, 9.17) is 11.6 Å². The Morgan fingerprint density at radius 1 is 1.24 bits per heavy atom. The van der Waals surface area contributed by atoms with Crippen molar-refractivity contribution in [2.45, 2.75) is 46.2 Å². The summed E-state index contributed by atoms with van der Waals surface area (Å²) in [5, 5.41) is 3.42. The van der Waals surface area contributed by atoms with Gasteiger partial charge in [-0.1, -0.05) is 30.7 Å². The van der Waals surface area contributed by atoms with Gasteiger partial charge in [0.15, 0.2) is 0 Å². The maximum absolute atomic E-state index is 12.3. The first-order valence-corrected chi connectivity index (χ1v) is 7.69. The number of rotatable bonds is 7. The van der Waals surface area contributed by atoms with Gasteiger partial charge in [-0.2, -0.15) is 0 Å². The molecule has 0 aliphatic heterocycles. The van der Waals surface area contributed by atoms with Crippen LogP contribution in [-0.2, 0) is 16.1 Å². The van der Waals surface area contributed by atoms with Gasteiger partial charge in [0, 0.05) is 24.5 Å². The van der Waals surface area contributed by atoms with E-state index in [1.807, 2.05) is 26.0 Å². The summed E-state index contributed by atoms with van der Waals surface area (Å²) in [6.45, 7) is 6.54. The van der Waals surface area contributed by atoms with Gasteiger partial charge in [0.05, 0.1) is 0 Å². The molecule has 0 aromatic heterocycles. The summed E-state index contributed by atoms with van der Waals surface area (Å²) in [5.74, 6) is -0.137. The molecule has 1 rings (SSSR count). The summed E-state index contributed by atoms with van der Waals surface area (Å²) in [4.78, 5) is 25.9. The highest BCUT2D eigenvalue weighted by molar-refractivity contribution is 6.30. The summed E-state index contributed by atoms with van der Waals surface area (Å²) < 4.78 is 0. The van der Waals surface area contributed by atoms with Crippen LogP contribution in [0.15, 0.2) is 24.3 Å². The van der Waals surface area contributed by atoms with Crippen LogP contribution in [0.25, 0.3) is 0 Å². The van der Waals surface area contributed by atoms with Crippen molar-refractivity contribution in [3.63, 3.8) is 0 Å². The molecule has 0 radical (unpaired) electrons. The van der Waals surface area contributed by atoms with E-state index in [0.29, 0.717) is 24.5 Å². The van der Waals surface area contributed by atoms with E-state index in [1.165, 1.54) is 0 Å². The minimum atomic E-state index is -0.486. The second-order valence-corrected chi connectivity index (χ2v) is 5.41. The van der Waals surface area contributed by atoms with Crippen molar-refractivity contribution in [2.75, 3.05) is 6.54 Å². The van der Waals surface area contributed by atoms with Gasteiger partial charge in [-0.25, -0.2) is 0 Å². The molecular formula is C16H23ClN2O2. The molecule has 2 amide bonds. The number of nitrogens with zero attached hydrogens (tertiary/aromatic N) is 1. The fraction of sp³-hybridized carbons (Fsp3) is 0.500. The van der Waals surface area contributed by atoms with Gasteiger partial charge in [-0.15, -0.1) is 0 Å². The van der Waals surface area contributed by atoms with Crippen molar-refractivity contribution in [3.05, 3.63) is 34.9 Å². The van der Waals surface area contributed by atoms with E-state index in [-0.39, 0.29) is 11.8 Å². The number of nitrogens with one attached hydrogen (secondary N) is 1. The van der Waals surface area contributed by atoms with Crippen molar-refractivity contribution in [2.24, 2.45) is 0 Å². The van der Waals surface area contributed by atoms with Crippen LogP contribution < -0.4 is 5.32 Å². The number of halogens is 1. The van der Waals surface area contributed by atoms with Gasteiger partial charge >= 0.3 is 0 Å². The second-order valence-electron chi connectivity index (χ2n) is 4.97. The molecule has 116 valence electrons. The molecule has 1 atom stereocenters. The Morgan fingerprint density at radius 2 is 1.86 bits per heavy atom. The van der Waals surface area contributed by atoms with Crippen LogP contribution in [0.2, 0.25) is 5.02 Å². The van der Waals surface area contributed by atoms with Crippen LogP contribution in [0, 0.1) is 0 Å². The largest absolute Gasteiger partial charge is 0.355 e. The smallest absolute Gasteiger partial charge is 0.242 e. The van der Waals surface area contributed by atoms with Crippen LogP contribution in [0.4, 0.5) is 0 Å². The number of carbonyl (C=O) groups excluding carboxylic acids is 2. The summed E-state index contributed by atoms with van der Waals surface area (Å²) in [5.41, 5.74) is 0.958. The first-order chi connectivity index (χ1) is 9.99. The standard InChI is InChI=1S/C16H23ClN2O2/c1-4-6-15(20)19(12(3)16(21)18-5-2)11-13-7-9-14(17)10-8-13/h7-10,12H,4-6,11H2,1-3H3,(H,18,21). The number of carbonyl (C=O) groups is 2. The van der Waals surface area contributed by atoms with E-state index in [1.54, 1.807) is 24.0 Å². The lowest BCUT2D eigenvalue weighted by Gasteiger charge is -2.28. The Morgan fingerprint density at radius 3 is 2.38 bits per heavy atom. The predicted octanol–water partition coefficient (Wildman–Crippen LogP) is 2.99. The summed E-state index contributed by atoms with van der Waals surface area (Å²) in [6.07, 6.45) is 1.20. The number of hydrogen-bond acceptors (Lipinski definition) is 2. The number of amides is 2. The first kappa shape index (κ1) is 17.5. The monoisotopic (exact) mass is 310 g/mol. The predicted molar refractivity (Wildman–Crippen MR) is 85.1 cm³/mol. The molecular weight excluding hydrogens is 288 g/mol. The Hall–Kier alpha value is -1.55. The Kier molecular flexibility index (Phi) is 7.23. The fourth-order valence-electron chi connectivity index (χ4n) is 2.05. The van der Waals surface area contributed by atoms with Gasteiger partial charge in [0.25, 0.3) is 0 Å². The topological polar surface area (TPSA) is 49.4 Å². The van der Waals surface area contributed by atoms with Gasteiger partial charge in [0.2, 0.25) is 11.8 Å². The molecule has 21 heavy (non-hydrogen) atoms. The molecule has 0 spiro atoms. The summed E-state index contributed by atoms with van der Waals surface area (Å²) in [7, 11) is 0. The van der Waals surface area contributed by atoms with Crippen molar-refractivity contribution in [1.29, 1.82) is 0 Å². The minimum absolute atomic E-state index is 0.00815. The molecule has 1 aromatic carbocycles. The zero-order valence-electron chi connectivity index (χ0n) is 12.9. The highest BCUT2D eigenvalue weighted by atomic mass is 35.5. The molecule has 0 saturated heterocycles. The molecule has 5 heteroatoms. The normalized spacial score (nSPS) is 11.8.